The molecule has 1 aliphatic rings. The molecule has 1 aliphatic heterocycles. The molecule has 1 N–H and O–H groups in total. The maximum Gasteiger partial charge on any atom is 0.121 e. The van der Waals surface area contributed by atoms with Gasteiger partial charge in [-0.2, -0.15) is 0 Å². The molecule has 0 bridgehead atoms. The van der Waals surface area contributed by atoms with Crippen molar-refractivity contribution in [2.24, 2.45) is 0 Å². The Bertz CT molecular complexity index is 562. The Morgan fingerprint density at radius 3 is 2.95 bits per heavy atom. The number of rotatable bonds is 4. The molecule has 0 atom stereocenters. The van der Waals surface area contributed by atoms with Gasteiger partial charge in [-0.3, -0.25) is 4.90 Å². The van der Waals surface area contributed by atoms with Crippen molar-refractivity contribution in [3.63, 3.8) is 0 Å². The van der Waals surface area contributed by atoms with Crippen LogP contribution in [0.15, 0.2) is 30.5 Å². The minimum atomic E-state index is 0.825. The first-order valence-corrected chi connectivity index (χ1v) is 6.84. The van der Waals surface area contributed by atoms with Gasteiger partial charge in [0.25, 0.3) is 0 Å². The van der Waals surface area contributed by atoms with Crippen LogP contribution in [0.1, 0.15) is 5.69 Å². The summed E-state index contributed by atoms with van der Waals surface area (Å²) in [4.78, 5) is 2.41. The summed E-state index contributed by atoms with van der Waals surface area (Å²) in [5.41, 5.74) is 2.08. The second-order valence-corrected chi connectivity index (χ2v) is 4.86. The Morgan fingerprint density at radius 1 is 1.30 bits per heavy atom. The third-order valence-electron chi connectivity index (χ3n) is 3.51. The highest BCUT2D eigenvalue weighted by molar-refractivity contribution is 5.39. The fourth-order valence-electron chi connectivity index (χ4n) is 2.42. The molecular formula is C14H19N5O. The van der Waals surface area contributed by atoms with Crippen molar-refractivity contribution in [1.82, 2.24) is 25.2 Å². The zero-order valence-corrected chi connectivity index (χ0v) is 11.6. The maximum absolute atomic E-state index is 5.26. The second kappa shape index (κ2) is 6.02. The maximum atomic E-state index is 5.26. The molecule has 1 saturated heterocycles. The van der Waals surface area contributed by atoms with Crippen molar-refractivity contribution in [3.8, 4) is 11.4 Å². The zero-order chi connectivity index (χ0) is 13.8. The average Bonchev–Trinajstić information content (AvgIpc) is 2.96. The van der Waals surface area contributed by atoms with E-state index in [2.05, 4.69) is 20.5 Å². The van der Waals surface area contributed by atoms with E-state index in [0.717, 1.165) is 49.9 Å². The van der Waals surface area contributed by atoms with Gasteiger partial charge < -0.3 is 10.1 Å². The molecule has 0 amide bonds. The number of hydrogen-bond donors (Lipinski definition) is 1. The van der Waals surface area contributed by atoms with Crippen molar-refractivity contribution in [1.29, 1.82) is 0 Å². The molecule has 1 fully saturated rings. The molecule has 3 rings (SSSR count). The number of hydrogen-bond acceptors (Lipinski definition) is 5. The minimum absolute atomic E-state index is 0.825. The SMILES string of the molecule is COc1cccc(-n2nncc2CN2CCNCC2)c1. The van der Waals surface area contributed by atoms with Gasteiger partial charge in [-0.25, -0.2) is 4.68 Å². The van der Waals surface area contributed by atoms with Gasteiger partial charge in [0.05, 0.1) is 24.7 Å². The van der Waals surface area contributed by atoms with Gasteiger partial charge in [0.1, 0.15) is 5.75 Å². The van der Waals surface area contributed by atoms with Crippen LogP contribution < -0.4 is 10.1 Å². The predicted molar refractivity (Wildman–Crippen MR) is 76.1 cm³/mol. The molecule has 1 aromatic heterocycles. The largest absolute Gasteiger partial charge is 0.497 e. The van der Waals surface area contributed by atoms with Gasteiger partial charge in [0.2, 0.25) is 0 Å². The van der Waals surface area contributed by atoms with Crippen molar-refractivity contribution in [2.45, 2.75) is 6.54 Å². The fraction of sp³-hybridized carbons (Fsp3) is 0.429. The number of methoxy groups -OCH3 is 1. The molecular weight excluding hydrogens is 254 g/mol. The van der Waals surface area contributed by atoms with Crippen molar-refractivity contribution in [3.05, 3.63) is 36.2 Å². The quantitative estimate of drug-likeness (QED) is 0.888. The first-order valence-electron chi connectivity index (χ1n) is 6.84. The summed E-state index contributed by atoms with van der Waals surface area (Å²) in [7, 11) is 1.67. The van der Waals surface area contributed by atoms with Gasteiger partial charge in [0, 0.05) is 38.8 Å². The van der Waals surface area contributed by atoms with Gasteiger partial charge in [-0.05, 0) is 12.1 Å². The number of nitrogens with zero attached hydrogens (tertiary/aromatic N) is 4. The van der Waals surface area contributed by atoms with Crippen LogP contribution in [-0.2, 0) is 6.54 Å². The number of piperazine rings is 1. The number of benzene rings is 1. The molecule has 1 aromatic carbocycles. The number of ether oxygens (including phenoxy) is 1. The average molecular weight is 273 g/mol. The smallest absolute Gasteiger partial charge is 0.121 e. The van der Waals surface area contributed by atoms with Crippen molar-refractivity contribution in [2.75, 3.05) is 33.3 Å². The minimum Gasteiger partial charge on any atom is -0.497 e. The summed E-state index contributed by atoms with van der Waals surface area (Å²) in [6.45, 7) is 5.07. The zero-order valence-electron chi connectivity index (χ0n) is 11.6. The summed E-state index contributed by atoms with van der Waals surface area (Å²) in [5.74, 6) is 0.825. The van der Waals surface area contributed by atoms with E-state index in [1.54, 1.807) is 7.11 Å². The van der Waals surface area contributed by atoms with Gasteiger partial charge in [0.15, 0.2) is 0 Å². The van der Waals surface area contributed by atoms with Crippen LogP contribution in [0.4, 0.5) is 0 Å². The molecule has 0 spiro atoms. The summed E-state index contributed by atoms with van der Waals surface area (Å²) in [5, 5.41) is 11.6. The molecule has 106 valence electrons. The molecule has 2 aromatic rings. The Labute approximate surface area is 118 Å². The van der Waals surface area contributed by atoms with E-state index >= 15 is 0 Å². The van der Waals surface area contributed by atoms with Crippen LogP contribution in [0, 0.1) is 0 Å². The Hall–Kier alpha value is -1.92. The normalized spacial score (nSPS) is 16.2. The standard InChI is InChI=1S/C14H19N5O/c1-20-14-4-2-3-12(9-14)19-13(10-16-17-19)11-18-7-5-15-6-8-18/h2-4,9-10,15H,5-8,11H2,1H3. The summed E-state index contributed by atoms with van der Waals surface area (Å²) in [6.07, 6.45) is 1.83. The first kappa shape index (κ1) is 13.1. The van der Waals surface area contributed by atoms with Gasteiger partial charge in [-0.15, -0.1) is 5.10 Å². The summed E-state index contributed by atoms with van der Waals surface area (Å²) < 4.78 is 7.14. The highest BCUT2D eigenvalue weighted by atomic mass is 16.5. The Kier molecular flexibility index (Phi) is 3.94. The van der Waals surface area contributed by atoms with E-state index in [0.29, 0.717) is 0 Å². The van der Waals surface area contributed by atoms with E-state index in [4.69, 9.17) is 4.74 Å². The predicted octanol–water partition coefficient (Wildman–Crippen LogP) is 0.681. The van der Waals surface area contributed by atoms with Crippen LogP contribution in [0.2, 0.25) is 0 Å². The van der Waals surface area contributed by atoms with Gasteiger partial charge >= 0.3 is 0 Å². The van der Waals surface area contributed by atoms with Crippen LogP contribution in [-0.4, -0.2) is 53.2 Å². The lowest BCUT2D eigenvalue weighted by atomic mass is 10.3. The molecule has 0 aliphatic carbocycles. The molecule has 2 heterocycles. The highest BCUT2D eigenvalue weighted by Gasteiger charge is 2.14. The molecule has 0 radical (unpaired) electrons. The molecule has 20 heavy (non-hydrogen) atoms. The molecule has 0 unspecified atom stereocenters. The lowest BCUT2D eigenvalue weighted by Gasteiger charge is -2.26. The van der Waals surface area contributed by atoms with E-state index < -0.39 is 0 Å². The first-order chi connectivity index (χ1) is 9.86. The second-order valence-electron chi connectivity index (χ2n) is 4.86. The van der Waals surface area contributed by atoms with Crippen LogP contribution in [0.5, 0.6) is 5.75 Å². The summed E-state index contributed by atoms with van der Waals surface area (Å²) >= 11 is 0. The Balaban J connectivity index is 1.81. The lowest BCUT2D eigenvalue weighted by Crippen LogP contribution is -2.43. The number of aromatic nitrogens is 3. The summed E-state index contributed by atoms with van der Waals surface area (Å²) in [6, 6.07) is 7.87. The highest BCUT2D eigenvalue weighted by Crippen LogP contribution is 2.17. The van der Waals surface area contributed by atoms with Gasteiger partial charge in [-0.1, -0.05) is 11.3 Å². The van der Waals surface area contributed by atoms with Crippen molar-refractivity contribution >= 4 is 0 Å². The molecule has 0 saturated carbocycles. The monoisotopic (exact) mass is 273 g/mol. The van der Waals surface area contributed by atoms with Crippen LogP contribution >= 0.6 is 0 Å². The lowest BCUT2D eigenvalue weighted by molar-refractivity contribution is 0.229. The van der Waals surface area contributed by atoms with E-state index in [1.165, 1.54) is 0 Å². The topological polar surface area (TPSA) is 55.2 Å². The fourth-order valence-corrected chi connectivity index (χ4v) is 2.42. The van der Waals surface area contributed by atoms with E-state index in [9.17, 15) is 0 Å². The third-order valence-corrected chi connectivity index (χ3v) is 3.51. The van der Waals surface area contributed by atoms with Crippen LogP contribution in [0.25, 0.3) is 5.69 Å². The van der Waals surface area contributed by atoms with E-state index in [1.807, 2.05) is 35.1 Å². The van der Waals surface area contributed by atoms with Crippen molar-refractivity contribution < 1.29 is 4.74 Å². The van der Waals surface area contributed by atoms with Crippen LogP contribution in [0.3, 0.4) is 0 Å². The number of nitrogens with one attached hydrogen (secondary N) is 1. The molecule has 6 heteroatoms. The molecule has 6 nitrogen and oxygen atoms in total. The van der Waals surface area contributed by atoms with E-state index in [-0.39, 0.29) is 0 Å². The third kappa shape index (κ3) is 2.81. The Morgan fingerprint density at radius 2 is 2.15 bits per heavy atom.